The highest BCUT2D eigenvalue weighted by Crippen LogP contribution is 2.01. The van der Waals surface area contributed by atoms with Crippen LogP contribution in [-0.2, 0) is 4.74 Å². The molecule has 1 aliphatic rings. The molecule has 0 aromatic carbocycles. The third-order valence-corrected chi connectivity index (χ3v) is 2.89. The maximum atomic E-state index is 11.8. The first kappa shape index (κ1) is 12.1. The molecule has 94 valence electrons. The fourth-order valence-corrected chi connectivity index (χ4v) is 1.83. The Labute approximate surface area is 100 Å². The van der Waals surface area contributed by atoms with Crippen LogP contribution in [0.5, 0.6) is 0 Å². The zero-order valence-corrected chi connectivity index (χ0v) is 10.0. The third kappa shape index (κ3) is 3.28. The van der Waals surface area contributed by atoms with E-state index in [9.17, 15) is 4.79 Å². The van der Waals surface area contributed by atoms with E-state index in [4.69, 9.17) is 4.74 Å². The minimum atomic E-state index is -0.0653. The van der Waals surface area contributed by atoms with Gasteiger partial charge in [-0.3, -0.25) is 14.8 Å². The van der Waals surface area contributed by atoms with E-state index in [1.54, 1.807) is 6.20 Å². The number of carbonyl (C=O) groups is 1. The predicted octanol–water partition coefficient (Wildman–Crippen LogP) is -0.220. The van der Waals surface area contributed by atoms with Crippen molar-refractivity contribution in [2.24, 2.45) is 0 Å². The quantitative estimate of drug-likeness (QED) is 0.761. The van der Waals surface area contributed by atoms with Crippen molar-refractivity contribution in [2.45, 2.75) is 6.92 Å². The first-order valence-electron chi connectivity index (χ1n) is 5.85. The van der Waals surface area contributed by atoms with E-state index in [1.807, 2.05) is 6.92 Å². The van der Waals surface area contributed by atoms with Gasteiger partial charge in [0.25, 0.3) is 5.91 Å². The molecular formula is C11H18N4O2. The topological polar surface area (TPSA) is 70.2 Å². The molecule has 1 aromatic rings. The second kappa shape index (κ2) is 5.79. The zero-order valence-electron chi connectivity index (χ0n) is 10.0. The average molecular weight is 238 g/mol. The number of hydrogen-bond donors (Lipinski definition) is 2. The standard InChI is InChI=1S/C11H18N4O2/c1-9-10(8-13-14-9)11(16)12-2-3-15-4-6-17-7-5-15/h8H,2-7H2,1H3,(H,12,16)(H,13,14). The molecule has 0 bridgehead atoms. The lowest BCUT2D eigenvalue weighted by atomic mass is 10.2. The molecule has 1 aromatic heterocycles. The fraction of sp³-hybridized carbons (Fsp3) is 0.636. The molecule has 1 amide bonds. The van der Waals surface area contributed by atoms with Crippen LogP contribution >= 0.6 is 0 Å². The first-order chi connectivity index (χ1) is 8.27. The third-order valence-electron chi connectivity index (χ3n) is 2.89. The van der Waals surface area contributed by atoms with E-state index in [1.165, 1.54) is 0 Å². The van der Waals surface area contributed by atoms with Crippen LogP contribution < -0.4 is 5.32 Å². The van der Waals surface area contributed by atoms with Gasteiger partial charge in [0, 0.05) is 31.9 Å². The Morgan fingerprint density at radius 1 is 1.59 bits per heavy atom. The van der Waals surface area contributed by atoms with Crippen LogP contribution in [0.1, 0.15) is 16.1 Å². The van der Waals surface area contributed by atoms with Crippen molar-refractivity contribution in [2.75, 3.05) is 39.4 Å². The molecule has 2 N–H and O–H groups in total. The highest BCUT2D eigenvalue weighted by molar-refractivity contribution is 5.94. The van der Waals surface area contributed by atoms with Crippen molar-refractivity contribution in [1.82, 2.24) is 20.4 Å². The molecule has 1 aliphatic heterocycles. The molecule has 17 heavy (non-hydrogen) atoms. The maximum Gasteiger partial charge on any atom is 0.254 e. The molecule has 6 nitrogen and oxygen atoms in total. The molecular weight excluding hydrogens is 220 g/mol. The van der Waals surface area contributed by atoms with Crippen LogP contribution in [0.4, 0.5) is 0 Å². The minimum absolute atomic E-state index is 0.0653. The number of nitrogens with zero attached hydrogens (tertiary/aromatic N) is 2. The predicted molar refractivity (Wildman–Crippen MR) is 62.9 cm³/mol. The lowest BCUT2D eigenvalue weighted by Gasteiger charge is -2.26. The lowest BCUT2D eigenvalue weighted by Crippen LogP contribution is -2.41. The molecule has 0 spiro atoms. The highest BCUT2D eigenvalue weighted by atomic mass is 16.5. The van der Waals surface area contributed by atoms with Crippen LogP contribution in [0, 0.1) is 6.92 Å². The van der Waals surface area contributed by atoms with Crippen molar-refractivity contribution in [1.29, 1.82) is 0 Å². The van der Waals surface area contributed by atoms with Gasteiger partial charge in [0.05, 0.1) is 25.0 Å². The summed E-state index contributed by atoms with van der Waals surface area (Å²) in [6.45, 7) is 6.82. The van der Waals surface area contributed by atoms with Gasteiger partial charge in [-0.2, -0.15) is 5.10 Å². The smallest absolute Gasteiger partial charge is 0.254 e. The van der Waals surface area contributed by atoms with E-state index in [0.717, 1.165) is 38.5 Å². The molecule has 2 heterocycles. The Morgan fingerprint density at radius 2 is 2.35 bits per heavy atom. The summed E-state index contributed by atoms with van der Waals surface area (Å²) in [6.07, 6.45) is 1.55. The number of H-pyrrole nitrogens is 1. The average Bonchev–Trinajstić information content (AvgIpc) is 2.77. The summed E-state index contributed by atoms with van der Waals surface area (Å²) >= 11 is 0. The number of amides is 1. The van der Waals surface area contributed by atoms with Crippen LogP contribution in [0.2, 0.25) is 0 Å². The first-order valence-corrected chi connectivity index (χ1v) is 5.85. The minimum Gasteiger partial charge on any atom is -0.379 e. The summed E-state index contributed by atoms with van der Waals surface area (Å²) in [5.74, 6) is -0.0653. The second-order valence-electron chi connectivity index (χ2n) is 4.12. The molecule has 6 heteroatoms. The van der Waals surface area contributed by atoms with Crippen LogP contribution in [0.15, 0.2) is 6.20 Å². The number of hydrogen-bond acceptors (Lipinski definition) is 4. The van der Waals surface area contributed by atoms with Gasteiger partial charge >= 0.3 is 0 Å². The van der Waals surface area contributed by atoms with Crippen molar-refractivity contribution in [3.05, 3.63) is 17.5 Å². The highest BCUT2D eigenvalue weighted by Gasteiger charge is 2.12. The SMILES string of the molecule is Cc1[nH]ncc1C(=O)NCCN1CCOCC1. The Balaban J connectivity index is 1.71. The molecule has 1 fully saturated rings. The number of aryl methyl sites for hydroxylation is 1. The number of carbonyl (C=O) groups excluding carboxylic acids is 1. The van der Waals surface area contributed by atoms with E-state index in [-0.39, 0.29) is 5.91 Å². The van der Waals surface area contributed by atoms with E-state index in [2.05, 4.69) is 20.4 Å². The zero-order chi connectivity index (χ0) is 12.1. The normalized spacial score (nSPS) is 17.0. The van der Waals surface area contributed by atoms with E-state index >= 15 is 0 Å². The van der Waals surface area contributed by atoms with Gasteiger partial charge in [-0.05, 0) is 6.92 Å². The summed E-state index contributed by atoms with van der Waals surface area (Å²) in [4.78, 5) is 14.0. The number of nitrogens with one attached hydrogen (secondary N) is 2. The van der Waals surface area contributed by atoms with Crippen LogP contribution in [-0.4, -0.2) is 60.4 Å². The van der Waals surface area contributed by atoms with Crippen molar-refractivity contribution >= 4 is 5.91 Å². The van der Waals surface area contributed by atoms with Crippen LogP contribution in [0.3, 0.4) is 0 Å². The van der Waals surface area contributed by atoms with Gasteiger partial charge in [0.1, 0.15) is 0 Å². The largest absolute Gasteiger partial charge is 0.379 e. The van der Waals surface area contributed by atoms with Crippen LogP contribution in [0.25, 0.3) is 0 Å². The molecule has 0 atom stereocenters. The number of aromatic amines is 1. The molecule has 0 radical (unpaired) electrons. The fourth-order valence-electron chi connectivity index (χ4n) is 1.83. The number of morpholine rings is 1. The Morgan fingerprint density at radius 3 is 3.00 bits per heavy atom. The van der Waals surface area contributed by atoms with Gasteiger partial charge in [-0.15, -0.1) is 0 Å². The summed E-state index contributed by atoms with van der Waals surface area (Å²) in [7, 11) is 0. The molecule has 1 saturated heterocycles. The van der Waals surface area contributed by atoms with E-state index < -0.39 is 0 Å². The summed E-state index contributed by atoms with van der Waals surface area (Å²) in [6, 6.07) is 0. The summed E-state index contributed by atoms with van der Waals surface area (Å²) < 4.78 is 5.26. The lowest BCUT2D eigenvalue weighted by molar-refractivity contribution is 0.0383. The molecule has 0 unspecified atom stereocenters. The maximum absolute atomic E-state index is 11.8. The molecule has 0 aliphatic carbocycles. The van der Waals surface area contributed by atoms with Crippen molar-refractivity contribution < 1.29 is 9.53 Å². The van der Waals surface area contributed by atoms with Gasteiger partial charge in [0.15, 0.2) is 0 Å². The van der Waals surface area contributed by atoms with Gasteiger partial charge < -0.3 is 10.1 Å². The van der Waals surface area contributed by atoms with Crippen molar-refractivity contribution in [3.63, 3.8) is 0 Å². The second-order valence-corrected chi connectivity index (χ2v) is 4.12. The summed E-state index contributed by atoms with van der Waals surface area (Å²) in [5.41, 5.74) is 1.42. The molecule has 0 saturated carbocycles. The van der Waals surface area contributed by atoms with Gasteiger partial charge in [-0.25, -0.2) is 0 Å². The van der Waals surface area contributed by atoms with Gasteiger partial charge in [0.2, 0.25) is 0 Å². The molecule has 2 rings (SSSR count). The Kier molecular flexibility index (Phi) is 4.11. The monoisotopic (exact) mass is 238 g/mol. The number of ether oxygens (including phenoxy) is 1. The Bertz CT molecular complexity index is 371. The van der Waals surface area contributed by atoms with Gasteiger partial charge in [-0.1, -0.05) is 0 Å². The summed E-state index contributed by atoms with van der Waals surface area (Å²) in [5, 5.41) is 9.47. The van der Waals surface area contributed by atoms with E-state index in [0.29, 0.717) is 12.1 Å². The number of rotatable bonds is 4. The number of aromatic nitrogens is 2. The van der Waals surface area contributed by atoms with Crippen molar-refractivity contribution in [3.8, 4) is 0 Å². The Hall–Kier alpha value is -1.40.